The van der Waals surface area contributed by atoms with Crippen molar-refractivity contribution >= 4 is 21.7 Å². The maximum Gasteiger partial charge on any atom is 0.225 e. The fourth-order valence-electron chi connectivity index (χ4n) is 3.02. The zero-order valence-electron chi connectivity index (χ0n) is 12.6. The van der Waals surface area contributed by atoms with Crippen molar-refractivity contribution in [3.63, 3.8) is 0 Å². The van der Waals surface area contributed by atoms with Crippen LogP contribution in [0.4, 0.5) is 0 Å². The van der Waals surface area contributed by atoms with Crippen LogP contribution in [0.25, 0.3) is 0 Å². The molecule has 2 amide bonds. The van der Waals surface area contributed by atoms with Crippen LogP contribution in [0.3, 0.4) is 0 Å². The molecule has 0 bridgehead atoms. The molecule has 0 spiro atoms. The van der Waals surface area contributed by atoms with E-state index in [1.807, 2.05) is 12.1 Å². The highest BCUT2D eigenvalue weighted by molar-refractivity contribution is 7.91. The number of pyridine rings is 1. The van der Waals surface area contributed by atoms with E-state index in [2.05, 4.69) is 10.3 Å². The highest BCUT2D eigenvalue weighted by atomic mass is 32.2. The maximum absolute atomic E-state index is 12.3. The predicted molar refractivity (Wildman–Crippen MR) is 83.0 cm³/mol. The number of hydrogen-bond donors (Lipinski definition) is 1. The molecule has 0 saturated carbocycles. The van der Waals surface area contributed by atoms with E-state index in [-0.39, 0.29) is 35.8 Å². The number of aromatic nitrogens is 1. The molecule has 3 heterocycles. The summed E-state index contributed by atoms with van der Waals surface area (Å²) in [6.45, 7) is 0.738. The van der Waals surface area contributed by atoms with Crippen molar-refractivity contribution in [2.24, 2.45) is 5.92 Å². The second-order valence-corrected chi connectivity index (χ2v) is 8.33. The molecule has 0 aromatic carbocycles. The van der Waals surface area contributed by atoms with E-state index in [0.717, 1.165) is 5.69 Å². The fourth-order valence-corrected chi connectivity index (χ4v) is 4.69. The van der Waals surface area contributed by atoms with E-state index >= 15 is 0 Å². The number of amides is 2. The van der Waals surface area contributed by atoms with Crippen LogP contribution in [0.15, 0.2) is 24.4 Å². The molecule has 2 saturated heterocycles. The van der Waals surface area contributed by atoms with Crippen molar-refractivity contribution in [1.82, 2.24) is 15.2 Å². The minimum absolute atomic E-state index is 0.00292. The summed E-state index contributed by atoms with van der Waals surface area (Å²) >= 11 is 0. The SMILES string of the molecule is O=C(NC1CCS(=O)(=O)C1)C1CC(=O)N(Cc2ccccn2)C1. The third-order valence-electron chi connectivity index (χ3n) is 4.24. The molecule has 2 atom stereocenters. The number of nitrogens with one attached hydrogen (secondary N) is 1. The van der Waals surface area contributed by atoms with Crippen LogP contribution in [0.1, 0.15) is 18.5 Å². The van der Waals surface area contributed by atoms with E-state index in [4.69, 9.17) is 0 Å². The first-order valence-corrected chi connectivity index (χ1v) is 9.43. The monoisotopic (exact) mass is 337 g/mol. The summed E-state index contributed by atoms with van der Waals surface area (Å²) in [5, 5.41) is 2.77. The first-order chi connectivity index (χ1) is 10.9. The van der Waals surface area contributed by atoms with Crippen molar-refractivity contribution in [2.45, 2.75) is 25.4 Å². The lowest BCUT2D eigenvalue weighted by molar-refractivity contribution is -0.129. The predicted octanol–water partition coefficient (Wildman–Crippen LogP) is -0.267. The van der Waals surface area contributed by atoms with Gasteiger partial charge in [-0.3, -0.25) is 14.6 Å². The van der Waals surface area contributed by atoms with Crippen molar-refractivity contribution in [3.05, 3.63) is 30.1 Å². The Hall–Kier alpha value is -1.96. The number of likely N-dealkylation sites (tertiary alicyclic amines) is 1. The summed E-state index contributed by atoms with van der Waals surface area (Å²) in [7, 11) is -3.03. The molecular formula is C15H19N3O4S. The molecule has 8 heteroatoms. The van der Waals surface area contributed by atoms with Gasteiger partial charge < -0.3 is 10.2 Å². The van der Waals surface area contributed by atoms with Gasteiger partial charge in [-0.2, -0.15) is 0 Å². The van der Waals surface area contributed by atoms with E-state index in [1.54, 1.807) is 17.2 Å². The normalized spacial score (nSPS) is 26.4. The van der Waals surface area contributed by atoms with Gasteiger partial charge in [0, 0.05) is 25.2 Å². The highest BCUT2D eigenvalue weighted by Crippen LogP contribution is 2.21. The van der Waals surface area contributed by atoms with Crippen LogP contribution in [0.5, 0.6) is 0 Å². The zero-order valence-corrected chi connectivity index (χ0v) is 13.5. The lowest BCUT2D eigenvalue weighted by Crippen LogP contribution is -2.40. The van der Waals surface area contributed by atoms with E-state index in [0.29, 0.717) is 19.5 Å². The van der Waals surface area contributed by atoms with Crippen molar-refractivity contribution in [2.75, 3.05) is 18.1 Å². The molecule has 3 rings (SSSR count). The molecule has 23 heavy (non-hydrogen) atoms. The van der Waals surface area contributed by atoms with Crippen LogP contribution in [-0.4, -0.2) is 54.2 Å². The third-order valence-corrected chi connectivity index (χ3v) is 6.01. The molecule has 7 nitrogen and oxygen atoms in total. The molecule has 1 aromatic rings. The van der Waals surface area contributed by atoms with E-state index in [9.17, 15) is 18.0 Å². The van der Waals surface area contributed by atoms with Crippen LogP contribution in [0, 0.1) is 5.92 Å². The zero-order chi connectivity index (χ0) is 16.4. The molecule has 0 radical (unpaired) electrons. The number of carbonyl (C=O) groups excluding carboxylic acids is 2. The number of rotatable bonds is 4. The molecule has 2 unspecified atom stereocenters. The second kappa shape index (κ2) is 6.27. The summed E-state index contributed by atoms with van der Waals surface area (Å²) in [6.07, 6.45) is 2.28. The van der Waals surface area contributed by atoms with E-state index < -0.39 is 15.8 Å². The lowest BCUT2D eigenvalue weighted by Gasteiger charge is -2.17. The van der Waals surface area contributed by atoms with E-state index in [1.165, 1.54) is 0 Å². The molecule has 0 aliphatic carbocycles. The van der Waals surface area contributed by atoms with Crippen molar-refractivity contribution in [3.8, 4) is 0 Å². The smallest absolute Gasteiger partial charge is 0.225 e. The Morgan fingerprint density at radius 3 is 2.87 bits per heavy atom. The molecule has 2 fully saturated rings. The standard InChI is InChI=1S/C15H19N3O4S/c19-14-7-11(8-18(14)9-12-3-1-2-5-16-12)15(20)17-13-4-6-23(21,22)10-13/h1-3,5,11,13H,4,6-10H2,(H,17,20). The van der Waals surface area contributed by atoms with Gasteiger partial charge in [0.15, 0.2) is 9.84 Å². The minimum Gasteiger partial charge on any atom is -0.352 e. The van der Waals surface area contributed by atoms with Crippen LogP contribution in [-0.2, 0) is 26.0 Å². The van der Waals surface area contributed by atoms with Gasteiger partial charge in [-0.1, -0.05) is 6.07 Å². The fraction of sp³-hybridized carbons (Fsp3) is 0.533. The summed E-state index contributed by atoms with van der Waals surface area (Å²) < 4.78 is 22.9. The maximum atomic E-state index is 12.3. The Bertz CT molecular complexity index is 705. The number of hydrogen-bond acceptors (Lipinski definition) is 5. The minimum atomic E-state index is -3.03. The Balaban J connectivity index is 1.56. The number of carbonyl (C=O) groups is 2. The van der Waals surface area contributed by atoms with Gasteiger partial charge in [0.1, 0.15) is 0 Å². The average molecular weight is 337 g/mol. The number of nitrogens with zero attached hydrogens (tertiary/aromatic N) is 2. The topological polar surface area (TPSA) is 96.4 Å². The summed E-state index contributed by atoms with van der Waals surface area (Å²) in [6, 6.07) is 5.17. The molecule has 2 aliphatic rings. The van der Waals surface area contributed by atoms with Gasteiger partial charge in [-0.25, -0.2) is 8.42 Å². The molecule has 1 aromatic heterocycles. The van der Waals surface area contributed by atoms with Crippen molar-refractivity contribution in [1.29, 1.82) is 0 Å². The number of sulfone groups is 1. The van der Waals surface area contributed by atoms with Gasteiger partial charge in [-0.15, -0.1) is 0 Å². The van der Waals surface area contributed by atoms with Gasteiger partial charge in [0.2, 0.25) is 11.8 Å². The Kier molecular flexibility index (Phi) is 4.34. The average Bonchev–Trinajstić information content (AvgIpc) is 3.03. The molecule has 2 aliphatic heterocycles. The Morgan fingerprint density at radius 2 is 2.22 bits per heavy atom. The highest BCUT2D eigenvalue weighted by Gasteiger charge is 2.36. The van der Waals surface area contributed by atoms with Crippen LogP contribution < -0.4 is 5.32 Å². The summed E-state index contributed by atoms with van der Waals surface area (Å²) in [5.41, 5.74) is 0.781. The Morgan fingerprint density at radius 1 is 1.39 bits per heavy atom. The largest absolute Gasteiger partial charge is 0.352 e. The van der Waals surface area contributed by atoms with Gasteiger partial charge in [0.25, 0.3) is 0 Å². The quantitative estimate of drug-likeness (QED) is 0.816. The first-order valence-electron chi connectivity index (χ1n) is 7.61. The third kappa shape index (κ3) is 3.87. The molecule has 1 N–H and O–H groups in total. The second-order valence-electron chi connectivity index (χ2n) is 6.10. The van der Waals surface area contributed by atoms with Gasteiger partial charge >= 0.3 is 0 Å². The summed E-state index contributed by atoms with van der Waals surface area (Å²) in [5.74, 6) is -0.613. The first kappa shape index (κ1) is 15.9. The van der Waals surface area contributed by atoms with Crippen LogP contribution >= 0.6 is 0 Å². The molecule has 124 valence electrons. The van der Waals surface area contributed by atoms with Crippen molar-refractivity contribution < 1.29 is 18.0 Å². The van der Waals surface area contributed by atoms with Gasteiger partial charge in [0.05, 0.1) is 29.7 Å². The van der Waals surface area contributed by atoms with Crippen LogP contribution in [0.2, 0.25) is 0 Å². The van der Waals surface area contributed by atoms with Gasteiger partial charge in [-0.05, 0) is 18.6 Å². The Labute approximate surface area is 135 Å². The summed E-state index contributed by atoms with van der Waals surface area (Å²) in [4.78, 5) is 30.1. The molecular weight excluding hydrogens is 318 g/mol. The lowest BCUT2D eigenvalue weighted by atomic mass is 10.1.